The van der Waals surface area contributed by atoms with Crippen molar-refractivity contribution in [3.05, 3.63) is 72.3 Å². The highest BCUT2D eigenvalue weighted by atomic mass is 16.2. The standard InChI is InChI=1S/C22H27N5O/c1-16(2)20-7-5-6-8-21(20)25-22(28)13-26(4)17(3)18-9-11-19(12-10-18)27-15-23-14-24-27/h5-12,14-17H,13H2,1-4H3,(H,25,28). The maximum absolute atomic E-state index is 12.6. The summed E-state index contributed by atoms with van der Waals surface area (Å²) in [6.07, 6.45) is 3.18. The van der Waals surface area contributed by atoms with Crippen molar-refractivity contribution in [3.8, 4) is 5.69 Å². The normalized spacial score (nSPS) is 12.4. The van der Waals surface area contributed by atoms with Gasteiger partial charge in [-0.2, -0.15) is 5.10 Å². The van der Waals surface area contributed by atoms with Crippen LogP contribution in [0.1, 0.15) is 43.9 Å². The van der Waals surface area contributed by atoms with Crippen LogP contribution in [0, 0.1) is 0 Å². The molecule has 0 aliphatic rings. The van der Waals surface area contributed by atoms with Gasteiger partial charge < -0.3 is 5.32 Å². The Morgan fingerprint density at radius 1 is 1.11 bits per heavy atom. The summed E-state index contributed by atoms with van der Waals surface area (Å²) in [6.45, 7) is 6.67. The number of nitrogens with one attached hydrogen (secondary N) is 1. The number of carbonyl (C=O) groups is 1. The zero-order chi connectivity index (χ0) is 20.1. The number of carbonyl (C=O) groups excluding carboxylic acids is 1. The molecule has 6 nitrogen and oxygen atoms in total. The van der Waals surface area contributed by atoms with Gasteiger partial charge in [0.15, 0.2) is 0 Å². The van der Waals surface area contributed by atoms with Crippen LogP contribution in [-0.4, -0.2) is 39.2 Å². The number of benzene rings is 2. The topological polar surface area (TPSA) is 63.1 Å². The molecule has 0 fully saturated rings. The molecule has 6 heteroatoms. The molecule has 0 radical (unpaired) electrons. The van der Waals surface area contributed by atoms with Gasteiger partial charge in [0, 0.05) is 11.7 Å². The van der Waals surface area contributed by atoms with E-state index in [0.717, 1.165) is 22.5 Å². The smallest absolute Gasteiger partial charge is 0.238 e. The maximum atomic E-state index is 12.6. The highest BCUT2D eigenvalue weighted by molar-refractivity contribution is 5.93. The Balaban J connectivity index is 1.62. The summed E-state index contributed by atoms with van der Waals surface area (Å²) >= 11 is 0. The first-order valence-electron chi connectivity index (χ1n) is 9.49. The number of nitrogens with zero attached hydrogens (tertiary/aromatic N) is 4. The first-order valence-corrected chi connectivity index (χ1v) is 9.49. The molecule has 1 heterocycles. The monoisotopic (exact) mass is 377 g/mol. The minimum atomic E-state index is -0.0123. The van der Waals surface area contributed by atoms with E-state index in [4.69, 9.17) is 0 Å². The first kappa shape index (κ1) is 19.8. The highest BCUT2D eigenvalue weighted by Gasteiger charge is 2.16. The van der Waals surface area contributed by atoms with Gasteiger partial charge in [0.1, 0.15) is 12.7 Å². The predicted molar refractivity (Wildman–Crippen MR) is 112 cm³/mol. The van der Waals surface area contributed by atoms with Crippen molar-refractivity contribution >= 4 is 11.6 Å². The third-order valence-corrected chi connectivity index (χ3v) is 4.97. The molecule has 1 amide bonds. The lowest BCUT2D eigenvalue weighted by Gasteiger charge is -2.25. The number of hydrogen-bond donors (Lipinski definition) is 1. The molecular weight excluding hydrogens is 350 g/mol. The summed E-state index contributed by atoms with van der Waals surface area (Å²) in [5.74, 6) is 0.346. The summed E-state index contributed by atoms with van der Waals surface area (Å²) in [4.78, 5) is 18.6. The molecule has 146 valence electrons. The molecule has 0 saturated heterocycles. The number of aromatic nitrogens is 3. The van der Waals surface area contributed by atoms with Gasteiger partial charge >= 0.3 is 0 Å². The second-order valence-electron chi connectivity index (χ2n) is 7.31. The van der Waals surface area contributed by atoms with Crippen molar-refractivity contribution in [2.75, 3.05) is 18.9 Å². The van der Waals surface area contributed by atoms with Crippen LogP contribution in [0.15, 0.2) is 61.2 Å². The summed E-state index contributed by atoms with van der Waals surface area (Å²) in [6, 6.07) is 16.2. The first-order chi connectivity index (χ1) is 13.5. The molecule has 3 aromatic rings. The van der Waals surface area contributed by atoms with Crippen molar-refractivity contribution in [1.29, 1.82) is 0 Å². The van der Waals surface area contributed by atoms with E-state index in [2.05, 4.69) is 54.4 Å². The fourth-order valence-electron chi connectivity index (χ4n) is 3.17. The zero-order valence-corrected chi connectivity index (χ0v) is 16.8. The average Bonchev–Trinajstić information content (AvgIpc) is 3.22. The molecule has 1 N–H and O–H groups in total. The molecule has 0 aliphatic carbocycles. The Morgan fingerprint density at radius 2 is 1.82 bits per heavy atom. The second-order valence-corrected chi connectivity index (χ2v) is 7.31. The van der Waals surface area contributed by atoms with Crippen molar-refractivity contribution in [1.82, 2.24) is 19.7 Å². The Kier molecular flexibility index (Phi) is 6.21. The van der Waals surface area contributed by atoms with Crippen LogP contribution in [0.5, 0.6) is 0 Å². The second kappa shape index (κ2) is 8.80. The zero-order valence-electron chi connectivity index (χ0n) is 16.8. The van der Waals surface area contributed by atoms with Crippen LogP contribution in [0.4, 0.5) is 5.69 Å². The van der Waals surface area contributed by atoms with Gasteiger partial charge in [-0.25, -0.2) is 9.67 Å². The van der Waals surface area contributed by atoms with Crippen LogP contribution < -0.4 is 5.32 Å². The highest BCUT2D eigenvalue weighted by Crippen LogP contribution is 2.24. The lowest BCUT2D eigenvalue weighted by Crippen LogP contribution is -2.32. The Hall–Kier alpha value is -2.99. The van der Waals surface area contributed by atoms with Crippen molar-refractivity contribution in [2.45, 2.75) is 32.7 Å². The third kappa shape index (κ3) is 4.64. The fraction of sp³-hybridized carbons (Fsp3) is 0.318. The summed E-state index contributed by atoms with van der Waals surface area (Å²) in [7, 11) is 1.96. The minimum Gasteiger partial charge on any atom is -0.325 e. The maximum Gasteiger partial charge on any atom is 0.238 e. The van der Waals surface area contributed by atoms with Gasteiger partial charge in [0.2, 0.25) is 5.91 Å². The van der Waals surface area contributed by atoms with Crippen LogP contribution in [0.25, 0.3) is 5.69 Å². The molecule has 1 atom stereocenters. The predicted octanol–water partition coefficient (Wildman–Crippen LogP) is 4.02. The summed E-state index contributed by atoms with van der Waals surface area (Å²) in [5.41, 5.74) is 4.14. The number of likely N-dealkylation sites (N-methyl/N-ethyl adjacent to an activating group) is 1. The molecule has 2 aromatic carbocycles. The van der Waals surface area contributed by atoms with E-state index in [-0.39, 0.29) is 11.9 Å². The SMILES string of the molecule is CC(C)c1ccccc1NC(=O)CN(C)C(C)c1ccc(-n2cncn2)cc1. The van der Waals surface area contributed by atoms with Crippen molar-refractivity contribution in [3.63, 3.8) is 0 Å². The quantitative estimate of drug-likeness (QED) is 0.675. The number of amides is 1. The summed E-state index contributed by atoms with van der Waals surface area (Å²) < 4.78 is 1.72. The lowest BCUT2D eigenvalue weighted by atomic mass is 10.0. The van der Waals surface area contributed by atoms with E-state index < -0.39 is 0 Å². The molecule has 3 rings (SSSR count). The number of rotatable bonds is 7. The van der Waals surface area contributed by atoms with E-state index in [1.165, 1.54) is 6.33 Å². The van der Waals surface area contributed by atoms with E-state index >= 15 is 0 Å². The summed E-state index contributed by atoms with van der Waals surface area (Å²) in [5, 5.41) is 7.19. The van der Waals surface area contributed by atoms with Crippen LogP contribution in [0.2, 0.25) is 0 Å². The van der Waals surface area contributed by atoms with Gasteiger partial charge in [-0.1, -0.05) is 44.2 Å². The molecule has 0 bridgehead atoms. The van der Waals surface area contributed by atoms with Gasteiger partial charge in [-0.3, -0.25) is 9.69 Å². The molecule has 1 unspecified atom stereocenters. The Bertz CT molecular complexity index is 903. The minimum absolute atomic E-state index is 0.0123. The molecule has 1 aromatic heterocycles. The fourth-order valence-corrected chi connectivity index (χ4v) is 3.17. The van der Waals surface area contributed by atoms with Gasteiger partial charge in [-0.05, 0) is 49.2 Å². The molecule has 0 spiro atoms. The molecule has 0 aliphatic heterocycles. The number of hydrogen-bond acceptors (Lipinski definition) is 4. The van der Waals surface area contributed by atoms with Gasteiger partial charge in [0.25, 0.3) is 0 Å². The largest absolute Gasteiger partial charge is 0.325 e. The molecular formula is C22H27N5O. The molecule has 28 heavy (non-hydrogen) atoms. The van der Waals surface area contributed by atoms with Crippen LogP contribution >= 0.6 is 0 Å². The van der Waals surface area contributed by atoms with Crippen LogP contribution in [0.3, 0.4) is 0 Å². The Morgan fingerprint density at radius 3 is 2.46 bits per heavy atom. The average molecular weight is 377 g/mol. The van der Waals surface area contributed by atoms with E-state index in [1.807, 2.05) is 42.3 Å². The third-order valence-electron chi connectivity index (χ3n) is 4.97. The van der Waals surface area contributed by atoms with Crippen LogP contribution in [-0.2, 0) is 4.79 Å². The Labute approximate surface area is 166 Å². The van der Waals surface area contributed by atoms with E-state index in [0.29, 0.717) is 12.5 Å². The van der Waals surface area contributed by atoms with E-state index in [9.17, 15) is 4.79 Å². The lowest BCUT2D eigenvalue weighted by molar-refractivity contribution is -0.117. The van der Waals surface area contributed by atoms with E-state index in [1.54, 1.807) is 11.0 Å². The van der Waals surface area contributed by atoms with Gasteiger partial charge in [0.05, 0.1) is 12.2 Å². The van der Waals surface area contributed by atoms with Crippen molar-refractivity contribution < 1.29 is 4.79 Å². The van der Waals surface area contributed by atoms with Gasteiger partial charge in [-0.15, -0.1) is 0 Å². The van der Waals surface area contributed by atoms with Crippen molar-refractivity contribution in [2.24, 2.45) is 0 Å². The molecule has 0 saturated carbocycles. The number of anilines is 1. The number of para-hydroxylation sites is 1.